The number of hydrogen-bond donors (Lipinski definition) is 2. The fourth-order valence-electron chi connectivity index (χ4n) is 4.92. The van der Waals surface area contributed by atoms with Crippen molar-refractivity contribution in [3.8, 4) is 11.5 Å². The smallest absolute Gasteiger partial charge is 0.258 e. The highest BCUT2D eigenvalue weighted by Crippen LogP contribution is 2.40. The lowest BCUT2D eigenvalue weighted by Gasteiger charge is -2.32. The molecule has 9 heteroatoms. The van der Waals surface area contributed by atoms with Crippen LogP contribution in [0.5, 0.6) is 11.5 Å². The number of hydrogen-bond acceptors (Lipinski definition) is 6. The van der Waals surface area contributed by atoms with Gasteiger partial charge < -0.3 is 29.9 Å². The van der Waals surface area contributed by atoms with Crippen LogP contribution in [0, 0.1) is 5.82 Å². The summed E-state index contributed by atoms with van der Waals surface area (Å²) in [5, 5.41) is 6.15. The average Bonchev–Trinajstić information content (AvgIpc) is 3.27. The normalized spacial score (nSPS) is 17.5. The Balaban J connectivity index is 1.31. The van der Waals surface area contributed by atoms with Gasteiger partial charge in [-0.05, 0) is 61.1 Å². The second-order valence-electron chi connectivity index (χ2n) is 9.75. The fourth-order valence-corrected chi connectivity index (χ4v) is 4.92. The minimum atomic E-state index is -0.433. The van der Waals surface area contributed by atoms with Crippen LogP contribution in [0.1, 0.15) is 16.7 Å². The van der Waals surface area contributed by atoms with E-state index in [9.17, 15) is 14.0 Å². The zero-order valence-electron chi connectivity index (χ0n) is 21.4. The Hall–Kier alpha value is -4.63. The van der Waals surface area contributed by atoms with Crippen LogP contribution in [0.25, 0.3) is 11.3 Å². The molecule has 2 N–H and O–H groups in total. The molecule has 1 fully saturated rings. The Morgan fingerprint density at radius 2 is 1.69 bits per heavy atom. The average molecular weight is 527 g/mol. The standard InChI is InChI=1S/C30H27FN4O4/c1-34-10-12-35(13-11-34)27(36)16-19-2-6-22(7-3-19)32-29(20-4-9-25-26(17-20)39-15-14-38-25)28-23-8-5-21(31)18-24(23)33-30(28)37/h2-9,14-15,17-18,32H,10-13,16H2,1H3,(H,33,37). The molecule has 3 aromatic rings. The second kappa shape index (κ2) is 10.3. The third-order valence-corrected chi connectivity index (χ3v) is 7.09. The monoisotopic (exact) mass is 526 g/mol. The van der Waals surface area contributed by atoms with E-state index in [2.05, 4.69) is 22.6 Å². The Morgan fingerprint density at radius 3 is 2.46 bits per heavy atom. The number of piperazine rings is 1. The zero-order valence-corrected chi connectivity index (χ0v) is 21.4. The molecule has 0 spiro atoms. The highest BCUT2D eigenvalue weighted by atomic mass is 19.1. The first-order valence-corrected chi connectivity index (χ1v) is 12.8. The van der Waals surface area contributed by atoms with E-state index in [0.717, 1.165) is 37.4 Å². The van der Waals surface area contributed by atoms with Crippen molar-refractivity contribution in [2.75, 3.05) is 43.9 Å². The third kappa shape index (κ3) is 5.08. The van der Waals surface area contributed by atoms with E-state index in [1.807, 2.05) is 35.2 Å². The number of amides is 2. The summed E-state index contributed by atoms with van der Waals surface area (Å²) in [6.07, 6.45) is 3.22. The van der Waals surface area contributed by atoms with Gasteiger partial charge in [0.1, 0.15) is 18.3 Å². The first kappa shape index (κ1) is 24.7. The molecule has 0 aliphatic carbocycles. The summed E-state index contributed by atoms with van der Waals surface area (Å²) in [5.41, 5.74) is 4.23. The summed E-state index contributed by atoms with van der Waals surface area (Å²) in [7, 11) is 2.06. The van der Waals surface area contributed by atoms with Crippen molar-refractivity contribution >= 4 is 34.5 Å². The quantitative estimate of drug-likeness (QED) is 0.482. The van der Waals surface area contributed by atoms with E-state index >= 15 is 0 Å². The van der Waals surface area contributed by atoms with Crippen LogP contribution in [0.3, 0.4) is 0 Å². The van der Waals surface area contributed by atoms with Crippen LogP contribution in [0.2, 0.25) is 0 Å². The molecule has 3 aliphatic rings. The maximum Gasteiger partial charge on any atom is 0.258 e. The van der Waals surface area contributed by atoms with Crippen molar-refractivity contribution in [3.63, 3.8) is 0 Å². The van der Waals surface area contributed by atoms with Gasteiger partial charge in [0.2, 0.25) is 5.91 Å². The van der Waals surface area contributed by atoms with Crippen molar-refractivity contribution < 1.29 is 23.5 Å². The molecule has 0 bridgehead atoms. The number of benzene rings is 3. The topological polar surface area (TPSA) is 83.1 Å². The van der Waals surface area contributed by atoms with E-state index in [-0.39, 0.29) is 11.8 Å². The molecule has 198 valence electrons. The van der Waals surface area contributed by atoms with E-state index < -0.39 is 5.82 Å². The van der Waals surface area contributed by atoms with Gasteiger partial charge in [0.15, 0.2) is 11.5 Å². The van der Waals surface area contributed by atoms with Gasteiger partial charge in [0.25, 0.3) is 5.91 Å². The van der Waals surface area contributed by atoms with Crippen molar-refractivity contribution in [3.05, 3.63) is 95.7 Å². The van der Waals surface area contributed by atoms with E-state index in [0.29, 0.717) is 46.0 Å². The number of nitrogens with zero attached hydrogens (tertiary/aromatic N) is 2. The molecule has 0 aromatic heterocycles. The van der Waals surface area contributed by atoms with Crippen molar-refractivity contribution in [1.82, 2.24) is 9.80 Å². The van der Waals surface area contributed by atoms with Gasteiger partial charge in [-0.2, -0.15) is 0 Å². The Kier molecular flexibility index (Phi) is 6.50. The number of carbonyl (C=O) groups excluding carboxylic acids is 2. The highest BCUT2D eigenvalue weighted by molar-refractivity contribution is 6.37. The lowest BCUT2D eigenvalue weighted by atomic mass is 9.99. The lowest BCUT2D eigenvalue weighted by molar-refractivity contribution is -0.132. The van der Waals surface area contributed by atoms with E-state index in [4.69, 9.17) is 9.47 Å². The van der Waals surface area contributed by atoms with Crippen molar-refractivity contribution in [1.29, 1.82) is 0 Å². The molecule has 6 rings (SSSR count). The Morgan fingerprint density at radius 1 is 0.949 bits per heavy atom. The maximum atomic E-state index is 13.9. The van der Waals surface area contributed by atoms with Crippen LogP contribution in [-0.4, -0.2) is 54.8 Å². The van der Waals surface area contributed by atoms with Crippen LogP contribution in [-0.2, 0) is 16.0 Å². The van der Waals surface area contributed by atoms with Gasteiger partial charge >= 0.3 is 0 Å². The minimum absolute atomic E-state index is 0.114. The van der Waals surface area contributed by atoms with Crippen molar-refractivity contribution in [2.45, 2.75) is 6.42 Å². The molecule has 2 amide bonds. The molecule has 0 saturated carbocycles. The number of rotatable bonds is 5. The molecule has 0 unspecified atom stereocenters. The van der Waals surface area contributed by atoms with Gasteiger partial charge in [0, 0.05) is 43.0 Å². The fraction of sp³-hybridized carbons (Fsp3) is 0.200. The summed E-state index contributed by atoms with van der Waals surface area (Å²) >= 11 is 0. The molecule has 1 saturated heterocycles. The molecule has 3 aliphatic heterocycles. The SMILES string of the molecule is CN1CCN(C(=O)Cc2ccc(NC(=C3C(=O)Nc4cc(F)ccc43)c3ccc4c(c3)OC=CO4)cc2)CC1. The predicted octanol–water partition coefficient (Wildman–Crippen LogP) is 4.32. The highest BCUT2D eigenvalue weighted by Gasteiger charge is 2.29. The van der Waals surface area contributed by atoms with Crippen LogP contribution in [0.15, 0.2) is 73.2 Å². The minimum Gasteiger partial charge on any atom is -0.458 e. The second-order valence-corrected chi connectivity index (χ2v) is 9.75. The van der Waals surface area contributed by atoms with Gasteiger partial charge in [-0.15, -0.1) is 0 Å². The predicted molar refractivity (Wildman–Crippen MR) is 147 cm³/mol. The molecule has 8 nitrogen and oxygen atoms in total. The molecule has 0 atom stereocenters. The largest absolute Gasteiger partial charge is 0.458 e. The van der Waals surface area contributed by atoms with Crippen molar-refractivity contribution in [2.24, 2.45) is 0 Å². The number of likely N-dealkylation sites (N-methyl/N-ethyl adjacent to an activating group) is 1. The zero-order chi connectivity index (χ0) is 26.9. The Bertz CT molecular complexity index is 1510. The lowest BCUT2D eigenvalue weighted by Crippen LogP contribution is -2.47. The number of halogens is 1. The van der Waals surface area contributed by atoms with Crippen LogP contribution < -0.4 is 20.1 Å². The van der Waals surface area contributed by atoms with Crippen LogP contribution in [0.4, 0.5) is 15.8 Å². The first-order chi connectivity index (χ1) is 18.9. The molecule has 3 heterocycles. The molecule has 3 aromatic carbocycles. The van der Waals surface area contributed by atoms with Gasteiger partial charge in [0.05, 0.1) is 23.4 Å². The number of carbonyl (C=O) groups is 2. The maximum absolute atomic E-state index is 13.9. The summed E-state index contributed by atoms with van der Waals surface area (Å²) in [4.78, 5) is 30.0. The summed E-state index contributed by atoms with van der Waals surface area (Å²) in [6.45, 7) is 3.24. The molecular weight excluding hydrogens is 499 g/mol. The molecule has 0 radical (unpaired) electrons. The Labute approximate surface area is 225 Å². The summed E-state index contributed by atoms with van der Waals surface area (Å²) in [6, 6.07) is 17.2. The number of fused-ring (bicyclic) bond motifs is 2. The molecule has 39 heavy (non-hydrogen) atoms. The third-order valence-electron chi connectivity index (χ3n) is 7.09. The summed E-state index contributed by atoms with van der Waals surface area (Å²) < 4.78 is 25.0. The number of nitrogens with one attached hydrogen (secondary N) is 2. The summed E-state index contributed by atoms with van der Waals surface area (Å²) in [5.74, 6) is 0.395. The van der Waals surface area contributed by atoms with E-state index in [1.165, 1.54) is 24.7 Å². The van der Waals surface area contributed by atoms with Gasteiger partial charge in [-0.3, -0.25) is 9.59 Å². The number of anilines is 2. The van der Waals surface area contributed by atoms with Gasteiger partial charge in [-0.1, -0.05) is 12.1 Å². The first-order valence-electron chi connectivity index (χ1n) is 12.8. The number of ether oxygens (including phenoxy) is 2. The van der Waals surface area contributed by atoms with Crippen LogP contribution >= 0.6 is 0 Å². The van der Waals surface area contributed by atoms with Gasteiger partial charge in [-0.25, -0.2) is 4.39 Å². The van der Waals surface area contributed by atoms with E-state index in [1.54, 1.807) is 18.2 Å². The molecular formula is C30H27FN4O4.